The lowest BCUT2D eigenvalue weighted by molar-refractivity contribution is 0.0684. The van der Waals surface area contributed by atoms with E-state index in [1.54, 1.807) is 7.05 Å². The highest BCUT2D eigenvalue weighted by molar-refractivity contribution is 6.19. The summed E-state index contributed by atoms with van der Waals surface area (Å²) in [7, 11) is 3.60. The number of hydrogen-bond acceptors (Lipinski definition) is 4. The molecule has 1 saturated heterocycles. The van der Waals surface area contributed by atoms with E-state index in [4.69, 9.17) is 10.1 Å². The van der Waals surface area contributed by atoms with Crippen LogP contribution < -0.4 is 5.32 Å². The number of amidine groups is 2. The number of ether oxygens (including phenoxy) is 1. The summed E-state index contributed by atoms with van der Waals surface area (Å²) in [5.41, 5.74) is 2.53. The molecule has 0 aromatic heterocycles. The van der Waals surface area contributed by atoms with Crippen molar-refractivity contribution in [3.8, 4) is 0 Å². The summed E-state index contributed by atoms with van der Waals surface area (Å²) in [6.07, 6.45) is 1.23. The zero-order chi connectivity index (χ0) is 16.7. The summed E-state index contributed by atoms with van der Waals surface area (Å²) >= 11 is 0. The van der Waals surface area contributed by atoms with Crippen molar-refractivity contribution in [1.29, 1.82) is 5.41 Å². The van der Waals surface area contributed by atoms with Gasteiger partial charge in [-0.2, -0.15) is 0 Å². The van der Waals surface area contributed by atoms with Crippen molar-refractivity contribution in [2.24, 2.45) is 9.98 Å². The molecule has 6 nitrogen and oxygen atoms in total. The van der Waals surface area contributed by atoms with Crippen LogP contribution in [0.2, 0.25) is 0 Å². The zero-order valence-corrected chi connectivity index (χ0v) is 13.7. The second-order valence-corrected chi connectivity index (χ2v) is 5.08. The lowest BCUT2D eigenvalue weighted by Crippen LogP contribution is -2.42. The Labute approximate surface area is 137 Å². The molecule has 0 saturated carbocycles. The first-order valence-electron chi connectivity index (χ1n) is 7.55. The maximum absolute atomic E-state index is 7.51. The standard InChI is InChI=1S/C17H23N5O/c1-13(12-18)17(22-8-10-23-11-9-22)21-16(20-3)14-4-6-15(19-2)7-5-14/h4-7,12,18-19H,1,8-11H2,2-3H3. The van der Waals surface area contributed by atoms with Gasteiger partial charge in [-0.1, -0.05) is 6.58 Å². The average molecular weight is 313 g/mol. The maximum Gasteiger partial charge on any atom is 0.156 e. The summed E-state index contributed by atoms with van der Waals surface area (Å²) in [6, 6.07) is 7.91. The number of hydrogen-bond donors (Lipinski definition) is 2. The molecule has 122 valence electrons. The molecule has 23 heavy (non-hydrogen) atoms. The first kappa shape index (κ1) is 16.9. The highest BCUT2D eigenvalue weighted by Crippen LogP contribution is 2.12. The third-order valence-electron chi connectivity index (χ3n) is 3.63. The Hall–Kier alpha value is -2.47. The Kier molecular flexibility index (Phi) is 6.05. The Morgan fingerprint density at radius 2 is 1.96 bits per heavy atom. The molecule has 0 amide bonds. The number of nitrogens with zero attached hydrogens (tertiary/aromatic N) is 3. The van der Waals surface area contributed by atoms with Crippen LogP contribution in [0.5, 0.6) is 0 Å². The molecule has 2 rings (SSSR count). The minimum absolute atomic E-state index is 0.569. The van der Waals surface area contributed by atoms with Crippen LogP contribution in [0.3, 0.4) is 0 Å². The molecule has 2 N–H and O–H groups in total. The highest BCUT2D eigenvalue weighted by atomic mass is 16.5. The predicted molar refractivity (Wildman–Crippen MR) is 96.2 cm³/mol. The molecule has 0 unspecified atom stereocenters. The summed E-state index contributed by atoms with van der Waals surface area (Å²) in [5.74, 6) is 1.30. The van der Waals surface area contributed by atoms with Gasteiger partial charge < -0.3 is 20.4 Å². The smallest absolute Gasteiger partial charge is 0.156 e. The van der Waals surface area contributed by atoms with Gasteiger partial charge in [0.1, 0.15) is 5.84 Å². The van der Waals surface area contributed by atoms with Crippen LogP contribution in [-0.2, 0) is 4.74 Å². The van der Waals surface area contributed by atoms with Gasteiger partial charge in [-0.25, -0.2) is 4.99 Å². The zero-order valence-electron chi connectivity index (χ0n) is 13.7. The normalized spacial score (nSPS) is 16.2. The van der Waals surface area contributed by atoms with Crippen molar-refractivity contribution in [3.05, 3.63) is 42.0 Å². The number of morpholine rings is 1. The van der Waals surface area contributed by atoms with E-state index >= 15 is 0 Å². The van der Waals surface area contributed by atoms with E-state index in [9.17, 15) is 0 Å². The Morgan fingerprint density at radius 1 is 1.30 bits per heavy atom. The van der Waals surface area contributed by atoms with Crippen LogP contribution >= 0.6 is 0 Å². The molecule has 0 radical (unpaired) electrons. The van der Waals surface area contributed by atoms with Crippen molar-refractivity contribution in [3.63, 3.8) is 0 Å². The second-order valence-electron chi connectivity index (χ2n) is 5.08. The Bertz CT molecular complexity index is 612. The fraction of sp³-hybridized carbons (Fsp3) is 0.353. The van der Waals surface area contributed by atoms with E-state index in [1.807, 2.05) is 31.3 Å². The Morgan fingerprint density at radius 3 is 2.48 bits per heavy atom. The average Bonchev–Trinajstić information content (AvgIpc) is 2.63. The lowest BCUT2D eigenvalue weighted by atomic mass is 10.2. The van der Waals surface area contributed by atoms with Gasteiger partial charge in [-0.15, -0.1) is 0 Å². The van der Waals surface area contributed by atoms with Gasteiger partial charge in [0, 0.05) is 50.2 Å². The molecule has 1 aromatic rings. The van der Waals surface area contributed by atoms with E-state index in [2.05, 4.69) is 26.8 Å². The van der Waals surface area contributed by atoms with Gasteiger partial charge in [0.15, 0.2) is 5.84 Å². The van der Waals surface area contributed by atoms with Gasteiger partial charge in [-0.3, -0.25) is 4.99 Å². The predicted octanol–water partition coefficient (Wildman–Crippen LogP) is 2.04. The van der Waals surface area contributed by atoms with E-state index in [-0.39, 0.29) is 0 Å². The van der Waals surface area contributed by atoms with Gasteiger partial charge in [-0.05, 0) is 24.3 Å². The van der Waals surface area contributed by atoms with Crippen LogP contribution in [0, 0.1) is 5.41 Å². The molecule has 0 aliphatic carbocycles. The van der Waals surface area contributed by atoms with Crippen molar-refractivity contribution >= 4 is 23.6 Å². The molecule has 1 aliphatic rings. The number of rotatable bonds is 4. The molecule has 0 bridgehead atoms. The minimum Gasteiger partial charge on any atom is -0.388 e. The molecule has 6 heteroatoms. The van der Waals surface area contributed by atoms with E-state index in [0.29, 0.717) is 30.5 Å². The van der Waals surface area contributed by atoms with E-state index in [1.165, 1.54) is 6.21 Å². The third-order valence-corrected chi connectivity index (χ3v) is 3.63. The van der Waals surface area contributed by atoms with Crippen molar-refractivity contribution in [1.82, 2.24) is 4.90 Å². The van der Waals surface area contributed by atoms with E-state index in [0.717, 1.165) is 24.3 Å². The van der Waals surface area contributed by atoms with E-state index < -0.39 is 0 Å². The highest BCUT2D eigenvalue weighted by Gasteiger charge is 2.18. The molecule has 1 fully saturated rings. The van der Waals surface area contributed by atoms with Crippen LogP contribution in [0.1, 0.15) is 5.56 Å². The minimum atomic E-state index is 0.569. The summed E-state index contributed by atoms with van der Waals surface area (Å²) in [5, 5.41) is 10.6. The van der Waals surface area contributed by atoms with Gasteiger partial charge in [0.2, 0.25) is 0 Å². The number of nitrogens with one attached hydrogen (secondary N) is 2. The summed E-state index contributed by atoms with van der Waals surface area (Å²) in [6.45, 7) is 6.72. The number of anilines is 1. The monoisotopic (exact) mass is 313 g/mol. The van der Waals surface area contributed by atoms with Crippen molar-refractivity contribution in [2.75, 3.05) is 45.7 Å². The van der Waals surface area contributed by atoms with Gasteiger partial charge in [0.25, 0.3) is 0 Å². The third kappa shape index (κ3) is 4.26. The quantitative estimate of drug-likeness (QED) is 0.660. The van der Waals surface area contributed by atoms with Crippen LogP contribution in [0.25, 0.3) is 0 Å². The molecular formula is C17H23N5O. The number of benzene rings is 1. The fourth-order valence-corrected chi connectivity index (χ4v) is 2.32. The largest absolute Gasteiger partial charge is 0.388 e. The molecule has 1 aliphatic heterocycles. The second kappa shape index (κ2) is 8.24. The van der Waals surface area contributed by atoms with Crippen LogP contribution in [-0.4, -0.2) is 63.2 Å². The van der Waals surface area contributed by atoms with Crippen LogP contribution in [0.15, 0.2) is 46.4 Å². The van der Waals surface area contributed by atoms with Gasteiger partial charge >= 0.3 is 0 Å². The van der Waals surface area contributed by atoms with Crippen molar-refractivity contribution in [2.45, 2.75) is 0 Å². The summed E-state index contributed by atoms with van der Waals surface area (Å²) < 4.78 is 5.38. The molecule has 1 aromatic carbocycles. The first-order chi connectivity index (χ1) is 11.2. The lowest BCUT2D eigenvalue weighted by Gasteiger charge is -2.30. The summed E-state index contributed by atoms with van der Waals surface area (Å²) in [4.78, 5) is 11.1. The maximum atomic E-state index is 7.51. The molecule has 1 heterocycles. The Balaban J connectivity index is 2.33. The first-order valence-corrected chi connectivity index (χ1v) is 7.55. The number of aliphatic imine (C=N–C) groups is 2. The molecule has 0 atom stereocenters. The van der Waals surface area contributed by atoms with Gasteiger partial charge in [0.05, 0.1) is 13.2 Å². The SMILES string of the molecule is C=C(C=N)C(=NC(=NC)c1ccc(NC)cc1)N1CCOCC1. The topological polar surface area (TPSA) is 73.1 Å². The van der Waals surface area contributed by atoms with Crippen molar-refractivity contribution < 1.29 is 4.74 Å². The van der Waals surface area contributed by atoms with Crippen LogP contribution in [0.4, 0.5) is 5.69 Å². The molecular weight excluding hydrogens is 290 g/mol. The fourth-order valence-electron chi connectivity index (χ4n) is 2.32. The molecule has 0 spiro atoms.